The van der Waals surface area contributed by atoms with E-state index in [4.69, 9.17) is 39.5 Å². The molecule has 0 heterocycles. The topological polar surface area (TPSA) is 52.6 Å². The maximum Gasteiger partial charge on any atom is 0.337 e. The average Bonchev–Trinajstić information content (AvgIpc) is 2.63. The number of benzene rings is 2. The second kappa shape index (κ2) is 9.34. The Morgan fingerprint density at radius 2 is 1.68 bits per heavy atom. The maximum atomic E-state index is 11.9. The van der Waals surface area contributed by atoms with Crippen molar-refractivity contribution in [2.75, 3.05) is 12.9 Å². The Kier molecular flexibility index (Phi) is 7.44. The molecule has 4 nitrogen and oxygen atoms in total. The highest BCUT2D eigenvalue weighted by atomic mass is 35.5. The summed E-state index contributed by atoms with van der Waals surface area (Å²) in [4.78, 5) is 23.8. The highest BCUT2D eigenvalue weighted by molar-refractivity contribution is 8.00. The lowest BCUT2D eigenvalue weighted by Crippen LogP contribution is -2.07. The van der Waals surface area contributed by atoms with Crippen LogP contribution in [0.4, 0.5) is 0 Å². The fourth-order valence-electron chi connectivity index (χ4n) is 1.82. The van der Waals surface area contributed by atoms with E-state index in [-0.39, 0.29) is 17.4 Å². The van der Waals surface area contributed by atoms with E-state index in [0.29, 0.717) is 20.5 Å². The van der Waals surface area contributed by atoms with E-state index in [1.165, 1.54) is 18.9 Å². The first-order valence-corrected chi connectivity index (χ1v) is 9.13. The number of esters is 2. The minimum atomic E-state index is -0.418. The van der Waals surface area contributed by atoms with Crippen molar-refractivity contribution >= 4 is 58.5 Å². The van der Waals surface area contributed by atoms with Crippen molar-refractivity contribution in [2.24, 2.45) is 0 Å². The SMILES string of the molecule is COC(=O)c1ccc(COC(=O)CSc2ccc(Cl)c(Cl)c2Cl)cc1. The van der Waals surface area contributed by atoms with Crippen LogP contribution in [0.2, 0.25) is 15.1 Å². The Morgan fingerprint density at radius 3 is 2.32 bits per heavy atom. The Bertz CT molecular complexity index is 778. The molecule has 2 rings (SSSR count). The van der Waals surface area contributed by atoms with Crippen LogP contribution in [0.5, 0.6) is 0 Å². The smallest absolute Gasteiger partial charge is 0.337 e. The van der Waals surface area contributed by atoms with Crippen LogP contribution in [-0.2, 0) is 20.9 Å². The van der Waals surface area contributed by atoms with Gasteiger partial charge >= 0.3 is 11.9 Å². The molecule has 0 bridgehead atoms. The van der Waals surface area contributed by atoms with E-state index in [9.17, 15) is 9.59 Å². The van der Waals surface area contributed by atoms with Gasteiger partial charge in [0.1, 0.15) is 6.61 Å². The lowest BCUT2D eigenvalue weighted by atomic mass is 10.1. The predicted octanol–water partition coefficient (Wildman–Crippen LogP) is 5.27. The third kappa shape index (κ3) is 5.54. The summed E-state index contributed by atoms with van der Waals surface area (Å²) in [6.07, 6.45) is 0. The van der Waals surface area contributed by atoms with Crippen molar-refractivity contribution in [3.05, 3.63) is 62.6 Å². The predicted molar refractivity (Wildman–Crippen MR) is 99.8 cm³/mol. The normalized spacial score (nSPS) is 10.4. The number of carbonyl (C=O) groups is 2. The number of hydrogen-bond donors (Lipinski definition) is 0. The van der Waals surface area contributed by atoms with Crippen molar-refractivity contribution in [3.8, 4) is 0 Å². The van der Waals surface area contributed by atoms with Gasteiger partial charge in [0.15, 0.2) is 0 Å². The van der Waals surface area contributed by atoms with Crippen LogP contribution in [-0.4, -0.2) is 24.8 Å². The number of ether oxygens (including phenoxy) is 2. The Morgan fingerprint density at radius 1 is 1.00 bits per heavy atom. The summed E-state index contributed by atoms with van der Waals surface area (Å²) in [5.74, 6) is -0.736. The average molecular weight is 420 g/mol. The first-order chi connectivity index (χ1) is 11.9. The van der Waals surface area contributed by atoms with E-state index in [1.807, 2.05) is 0 Å². The van der Waals surface area contributed by atoms with E-state index >= 15 is 0 Å². The first kappa shape index (κ1) is 19.9. The first-order valence-electron chi connectivity index (χ1n) is 7.01. The molecule has 0 atom stereocenters. The molecule has 0 aliphatic heterocycles. The van der Waals surface area contributed by atoms with Gasteiger partial charge in [-0.05, 0) is 29.8 Å². The van der Waals surface area contributed by atoms with E-state index in [1.54, 1.807) is 36.4 Å². The van der Waals surface area contributed by atoms with Crippen LogP contribution >= 0.6 is 46.6 Å². The van der Waals surface area contributed by atoms with Crippen molar-refractivity contribution in [3.63, 3.8) is 0 Å². The van der Waals surface area contributed by atoms with Crippen molar-refractivity contribution in [2.45, 2.75) is 11.5 Å². The highest BCUT2D eigenvalue weighted by Crippen LogP contribution is 2.37. The molecule has 0 aliphatic carbocycles. The summed E-state index contributed by atoms with van der Waals surface area (Å²) >= 11 is 19.1. The van der Waals surface area contributed by atoms with Crippen LogP contribution in [0.15, 0.2) is 41.3 Å². The molecule has 2 aromatic carbocycles. The molecule has 0 aliphatic rings. The maximum absolute atomic E-state index is 11.9. The van der Waals surface area contributed by atoms with Crippen molar-refractivity contribution in [1.29, 1.82) is 0 Å². The number of hydrogen-bond acceptors (Lipinski definition) is 5. The largest absolute Gasteiger partial charge is 0.465 e. The van der Waals surface area contributed by atoms with Gasteiger partial charge in [0.05, 0.1) is 33.5 Å². The molecule has 0 aromatic heterocycles. The summed E-state index contributed by atoms with van der Waals surface area (Å²) in [6, 6.07) is 9.93. The van der Waals surface area contributed by atoms with Gasteiger partial charge in [-0.15, -0.1) is 11.8 Å². The van der Waals surface area contributed by atoms with Gasteiger partial charge in [0.2, 0.25) is 0 Å². The lowest BCUT2D eigenvalue weighted by Gasteiger charge is -2.08. The zero-order valence-electron chi connectivity index (χ0n) is 13.1. The number of rotatable bonds is 6. The van der Waals surface area contributed by atoms with E-state index in [0.717, 1.165) is 5.56 Å². The lowest BCUT2D eigenvalue weighted by molar-refractivity contribution is -0.141. The molecule has 0 amide bonds. The minimum absolute atomic E-state index is 0.0813. The quantitative estimate of drug-likeness (QED) is 0.363. The van der Waals surface area contributed by atoms with Crippen molar-refractivity contribution < 1.29 is 19.1 Å². The number of carbonyl (C=O) groups excluding carboxylic acids is 2. The van der Waals surface area contributed by atoms with Crippen LogP contribution in [0.3, 0.4) is 0 Å². The molecular weight excluding hydrogens is 407 g/mol. The third-order valence-corrected chi connectivity index (χ3v) is 5.56. The number of halogens is 3. The molecule has 25 heavy (non-hydrogen) atoms. The molecule has 0 unspecified atom stereocenters. The molecule has 8 heteroatoms. The molecule has 0 saturated carbocycles. The van der Waals surface area contributed by atoms with E-state index < -0.39 is 11.9 Å². The fraction of sp³-hybridized carbons (Fsp3) is 0.176. The summed E-state index contributed by atoms with van der Waals surface area (Å²) in [5.41, 5.74) is 1.20. The van der Waals surface area contributed by atoms with Gasteiger partial charge < -0.3 is 9.47 Å². The summed E-state index contributed by atoms with van der Waals surface area (Å²) in [7, 11) is 1.32. The third-order valence-electron chi connectivity index (χ3n) is 3.12. The Labute approximate surface area is 164 Å². The monoisotopic (exact) mass is 418 g/mol. The molecule has 2 aromatic rings. The molecule has 132 valence electrons. The zero-order chi connectivity index (χ0) is 18.4. The van der Waals surface area contributed by atoms with Crippen molar-refractivity contribution in [1.82, 2.24) is 0 Å². The minimum Gasteiger partial charge on any atom is -0.465 e. The molecule has 0 radical (unpaired) electrons. The Hall–Kier alpha value is -1.40. The van der Waals surface area contributed by atoms with Crippen LogP contribution < -0.4 is 0 Å². The number of thioether (sulfide) groups is 1. The fourth-order valence-corrected chi connectivity index (χ4v) is 3.32. The van der Waals surface area contributed by atoms with Crippen LogP contribution in [0.1, 0.15) is 15.9 Å². The summed E-state index contributed by atoms with van der Waals surface area (Å²) in [6.45, 7) is 0.107. The second-order valence-corrected chi connectivity index (χ2v) is 6.99. The highest BCUT2D eigenvalue weighted by Gasteiger charge is 2.12. The van der Waals surface area contributed by atoms with Gasteiger partial charge in [-0.2, -0.15) is 0 Å². The van der Waals surface area contributed by atoms with Crippen LogP contribution in [0, 0.1) is 0 Å². The standard InChI is InChI=1S/C17H13Cl3O4S/c1-23-17(22)11-4-2-10(3-5-11)8-24-14(21)9-25-13-7-6-12(18)15(19)16(13)20/h2-7H,8-9H2,1H3. The summed E-state index contributed by atoms with van der Waals surface area (Å²) in [5, 5.41) is 0.923. The molecule has 0 fully saturated rings. The molecule has 0 N–H and O–H groups in total. The second-order valence-electron chi connectivity index (χ2n) is 4.81. The van der Waals surface area contributed by atoms with Gasteiger partial charge in [0, 0.05) is 4.90 Å². The molecular formula is C17H13Cl3O4S. The van der Waals surface area contributed by atoms with Gasteiger partial charge in [-0.1, -0.05) is 46.9 Å². The van der Waals surface area contributed by atoms with Gasteiger partial charge in [-0.25, -0.2) is 4.79 Å². The molecule has 0 saturated heterocycles. The number of methoxy groups -OCH3 is 1. The van der Waals surface area contributed by atoms with Gasteiger partial charge in [-0.3, -0.25) is 4.79 Å². The molecule has 0 spiro atoms. The Balaban J connectivity index is 1.85. The van der Waals surface area contributed by atoms with Gasteiger partial charge in [0.25, 0.3) is 0 Å². The van der Waals surface area contributed by atoms with E-state index in [2.05, 4.69) is 4.74 Å². The van der Waals surface area contributed by atoms with Crippen LogP contribution in [0.25, 0.3) is 0 Å². The zero-order valence-corrected chi connectivity index (χ0v) is 16.1. The summed E-state index contributed by atoms with van der Waals surface area (Å²) < 4.78 is 9.81.